The molecule has 0 unspecified atom stereocenters. The van der Waals surface area contributed by atoms with Crippen LogP contribution in [-0.2, 0) is 11.3 Å². The van der Waals surface area contributed by atoms with Crippen molar-refractivity contribution in [3.8, 4) is 6.07 Å². The molecule has 2 N–H and O–H groups in total. The molecule has 3 aromatic rings. The molecule has 2 aliphatic rings. The van der Waals surface area contributed by atoms with Crippen molar-refractivity contribution in [2.75, 3.05) is 17.7 Å². The molecule has 1 amide bonds. The average Bonchev–Trinajstić information content (AvgIpc) is 3.32. The molecule has 0 saturated carbocycles. The van der Waals surface area contributed by atoms with Gasteiger partial charge in [0.05, 0.1) is 34.6 Å². The summed E-state index contributed by atoms with van der Waals surface area (Å²) in [7, 11) is 1.95. The van der Waals surface area contributed by atoms with Gasteiger partial charge in [0.25, 0.3) is 5.91 Å². The number of hydrogen-bond donors (Lipinski definition) is 1. The van der Waals surface area contributed by atoms with E-state index in [1.807, 2.05) is 73.5 Å². The molecule has 2 heterocycles. The van der Waals surface area contributed by atoms with Gasteiger partial charge in [-0.1, -0.05) is 48.2 Å². The molecule has 8 heteroatoms. The highest BCUT2D eigenvalue weighted by Gasteiger charge is 2.39. The van der Waals surface area contributed by atoms with Gasteiger partial charge >= 0.3 is 0 Å². The van der Waals surface area contributed by atoms with E-state index in [4.69, 9.17) is 10.7 Å². The number of fused-ring (bicyclic) bond motifs is 1. The molecule has 0 aromatic heterocycles. The predicted molar refractivity (Wildman–Crippen MR) is 140 cm³/mol. The van der Waals surface area contributed by atoms with Crippen molar-refractivity contribution in [3.63, 3.8) is 0 Å². The van der Waals surface area contributed by atoms with E-state index >= 15 is 0 Å². The summed E-state index contributed by atoms with van der Waals surface area (Å²) in [6, 6.07) is 23.2. The molecule has 0 radical (unpaired) electrons. The Kier molecular flexibility index (Phi) is 5.82. The predicted octanol–water partition coefficient (Wildman–Crippen LogP) is 5.62. The summed E-state index contributed by atoms with van der Waals surface area (Å²) in [5, 5.41) is 10.8. The summed E-state index contributed by atoms with van der Waals surface area (Å²) >= 11 is 2.93. The van der Waals surface area contributed by atoms with Gasteiger partial charge in [0.15, 0.2) is 5.17 Å². The number of anilines is 2. The normalized spacial score (nSPS) is 18.5. The lowest BCUT2D eigenvalue weighted by molar-refractivity contribution is -0.122. The molecule has 6 nitrogen and oxygen atoms in total. The van der Waals surface area contributed by atoms with Crippen LogP contribution in [-0.4, -0.2) is 23.0 Å². The minimum absolute atomic E-state index is 0.0863. The molecule has 3 aromatic carbocycles. The molecule has 34 heavy (non-hydrogen) atoms. The third-order valence-electron chi connectivity index (χ3n) is 5.65. The van der Waals surface area contributed by atoms with Gasteiger partial charge in [-0.15, -0.1) is 0 Å². The van der Waals surface area contributed by atoms with E-state index in [1.54, 1.807) is 28.8 Å². The Morgan fingerprint density at radius 2 is 1.85 bits per heavy atom. The molecular weight excluding hydrogens is 462 g/mol. The topological polar surface area (TPSA) is 85.7 Å². The fourth-order valence-corrected chi connectivity index (χ4v) is 6.11. The Bertz CT molecular complexity index is 1410. The summed E-state index contributed by atoms with van der Waals surface area (Å²) in [5.74, 6) is -0.0863. The van der Waals surface area contributed by atoms with Crippen LogP contribution < -0.4 is 10.6 Å². The Hall–Kier alpha value is -3.67. The number of nitrogens with two attached hydrogens (primary N) is 1. The molecule has 0 bridgehead atoms. The van der Waals surface area contributed by atoms with Crippen LogP contribution in [0.2, 0.25) is 0 Å². The number of aryl methyl sites for hydroxylation is 1. The number of amidine groups is 1. The number of aliphatic imine (C=N–C) groups is 1. The summed E-state index contributed by atoms with van der Waals surface area (Å²) in [4.78, 5) is 24.0. The Balaban J connectivity index is 1.59. The summed E-state index contributed by atoms with van der Waals surface area (Å²) in [6.07, 6.45) is 0. The van der Waals surface area contributed by atoms with Crippen molar-refractivity contribution < 1.29 is 4.79 Å². The van der Waals surface area contributed by atoms with Gasteiger partial charge in [0.2, 0.25) is 0 Å². The quantitative estimate of drug-likeness (QED) is 0.384. The number of carbonyl (C=O) groups excluding carboxylic acids is 1. The molecule has 0 atom stereocenters. The van der Waals surface area contributed by atoms with Crippen LogP contribution >= 0.6 is 23.5 Å². The molecule has 0 spiro atoms. The highest BCUT2D eigenvalue weighted by molar-refractivity contribution is 8.19. The first kappa shape index (κ1) is 22.1. The Morgan fingerprint density at radius 1 is 1.06 bits per heavy atom. The minimum atomic E-state index is -0.0863. The molecule has 0 aliphatic carbocycles. The number of thioether (sulfide) groups is 2. The van der Waals surface area contributed by atoms with E-state index in [2.05, 4.69) is 6.07 Å². The molecule has 1 fully saturated rings. The number of rotatable bonds is 3. The third-order valence-corrected chi connectivity index (χ3v) is 8.08. The van der Waals surface area contributed by atoms with Crippen molar-refractivity contribution in [1.29, 1.82) is 5.26 Å². The number of nitrogens with zero attached hydrogens (tertiary/aromatic N) is 4. The number of carbonyl (C=O) groups is 1. The Labute approximate surface area is 206 Å². The number of hydrogen-bond acceptors (Lipinski definition) is 7. The lowest BCUT2D eigenvalue weighted by Crippen LogP contribution is -2.29. The molecule has 168 valence electrons. The highest BCUT2D eigenvalue weighted by Crippen LogP contribution is 2.50. The minimum Gasteiger partial charge on any atom is -0.399 e. The lowest BCUT2D eigenvalue weighted by Gasteiger charge is -2.17. The van der Waals surface area contributed by atoms with Crippen molar-refractivity contribution in [1.82, 2.24) is 4.90 Å². The van der Waals surface area contributed by atoms with E-state index < -0.39 is 0 Å². The van der Waals surface area contributed by atoms with Gasteiger partial charge in [0.1, 0.15) is 4.91 Å². The molecule has 2 aliphatic heterocycles. The van der Waals surface area contributed by atoms with Crippen LogP contribution in [0.1, 0.15) is 16.7 Å². The second-order valence-electron chi connectivity index (χ2n) is 8.01. The fourth-order valence-electron chi connectivity index (χ4n) is 3.79. The zero-order valence-corrected chi connectivity index (χ0v) is 20.3. The number of nitrogen functional groups attached to an aromatic ring is 1. The maximum atomic E-state index is 13.7. The van der Waals surface area contributed by atoms with E-state index in [-0.39, 0.29) is 5.91 Å². The van der Waals surface area contributed by atoms with Crippen LogP contribution in [0.4, 0.5) is 17.1 Å². The van der Waals surface area contributed by atoms with Crippen molar-refractivity contribution in [2.24, 2.45) is 4.99 Å². The van der Waals surface area contributed by atoms with E-state index in [0.717, 1.165) is 26.7 Å². The first-order valence-electron chi connectivity index (χ1n) is 10.6. The maximum Gasteiger partial charge on any atom is 0.269 e. The van der Waals surface area contributed by atoms with Gasteiger partial charge in [-0.05, 0) is 60.1 Å². The van der Waals surface area contributed by atoms with Gasteiger partial charge < -0.3 is 10.6 Å². The molecule has 1 saturated heterocycles. The van der Waals surface area contributed by atoms with Crippen LogP contribution in [0.15, 0.2) is 86.6 Å². The molecular formula is C26H21N5OS2. The zero-order chi connectivity index (χ0) is 23.8. The standard InChI is InChI=1S/C26H21N5OS2/c1-16-8-9-18(14-27)12-20(16)29-26-31(15-17-6-4-3-5-7-17)24(32)23(34-26)25-30(2)21-13-19(28)10-11-22(21)33-25/h3-13H,15,28H2,1-2H3/b25-23-,29-26?. The lowest BCUT2D eigenvalue weighted by atomic mass is 10.1. The van der Waals surface area contributed by atoms with Gasteiger partial charge in [-0.3, -0.25) is 9.69 Å². The first-order valence-corrected chi connectivity index (χ1v) is 12.3. The van der Waals surface area contributed by atoms with Crippen LogP contribution in [0.5, 0.6) is 0 Å². The van der Waals surface area contributed by atoms with E-state index in [9.17, 15) is 10.1 Å². The van der Waals surface area contributed by atoms with E-state index in [0.29, 0.717) is 33.6 Å². The number of amides is 1. The van der Waals surface area contributed by atoms with Crippen molar-refractivity contribution >= 4 is 51.7 Å². The first-order chi connectivity index (χ1) is 16.4. The van der Waals surface area contributed by atoms with Crippen LogP contribution in [0.3, 0.4) is 0 Å². The summed E-state index contributed by atoms with van der Waals surface area (Å²) in [6.45, 7) is 2.36. The average molecular weight is 484 g/mol. The van der Waals surface area contributed by atoms with Gasteiger partial charge in [0, 0.05) is 17.6 Å². The molecule has 5 rings (SSSR count). The highest BCUT2D eigenvalue weighted by atomic mass is 32.2. The Morgan fingerprint density at radius 3 is 2.62 bits per heavy atom. The summed E-state index contributed by atoms with van der Waals surface area (Å²) in [5.41, 5.74) is 10.8. The summed E-state index contributed by atoms with van der Waals surface area (Å²) < 4.78 is 0. The van der Waals surface area contributed by atoms with E-state index in [1.165, 1.54) is 11.8 Å². The van der Waals surface area contributed by atoms with Gasteiger partial charge in [-0.25, -0.2) is 4.99 Å². The fraction of sp³-hybridized carbons (Fsp3) is 0.115. The monoisotopic (exact) mass is 483 g/mol. The smallest absolute Gasteiger partial charge is 0.269 e. The van der Waals surface area contributed by atoms with Crippen LogP contribution in [0.25, 0.3) is 0 Å². The van der Waals surface area contributed by atoms with Crippen LogP contribution in [0, 0.1) is 18.3 Å². The van der Waals surface area contributed by atoms with Crippen molar-refractivity contribution in [2.45, 2.75) is 18.4 Å². The SMILES string of the molecule is Cc1ccc(C#N)cc1N=C1S/C(=C2\Sc3ccc(N)cc3N2C)C(=O)N1Cc1ccccc1. The zero-order valence-electron chi connectivity index (χ0n) is 18.6. The number of nitriles is 1. The number of benzene rings is 3. The second kappa shape index (κ2) is 8.93. The second-order valence-corrected chi connectivity index (χ2v) is 10.0. The van der Waals surface area contributed by atoms with Crippen molar-refractivity contribution in [3.05, 3.63) is 93.4 Å². The largest absolute Gasteiger partial charge is 0.399 e. The van der Waals surface area contributed by atoms with Gasteiger partial charge in [-0.2, -0.15) is 5.26 Å². The third kappa shape index (κ3) is 4.04. The maximum absolute atomic E-state index is 13.7.